The molecule has 0 aliphatic carbocycles. The molecule has 0 heterocycles. The second kappa shape index (κ2) is 3.98. The Morgan fingerprint density at radius 1 is 1.50 bits per heavy atom. The van der Waals surface area contributed by atoms with Crippen LogP contribution in [0.2, 0.25) is 0 Å². The second-order valence-electron chi connectivity index (χ2n) is 2.29. The van der Waals surface area contributed by atoms with Gasteiger partial charge in [-0.1, -0.05) is 0 Å². The van der Waals surface area contributed by atoms with Crippen LogP contribution >= 0.6 is 0 Å². The Labute approximate surface area is 60.1 Å². The molecule has 4 heteroatoms. The molecule has 0 aromatic heterocycles. The number of carbonyl (C=O) groups is 1. The average Bonchev–Trinajstić information content (AvgIpc) is 1.85. The van der Waals surface area contributed by atoms with Gasteiger partial charge in [-0.2, -0.15) is 5.11 Å². The fourth-order valence-corrected chi connectivity index (χ4v) is 0.383. The molecule has 1 atom stereocenters. The summed E-state index contributed by atoms with van der Waals surface area (Å²) < 4.78 is 4.75. The van der Waals surface area contributed by atoms with Gasteiger partial charge in [-0.15, -0.1) is 0 Å². The van der Waals surface area contributed by atoms with E-state index in [1.54, 1.807) is 13.8 Å². The van der Waals surface area contributed by atoms with E-state index in [4.69, 9.17) is 10.3 Å². The Kier molecular flexibility index (Phi) is 3.61. The Balaban J connectivity index is 3.73. The lowest BCUT2D eigenvalue weighted by molar-refractivity contribution is -0.148. The van der Waals surface area contributed by atoms with E-state index in [2.05, 4.69) is 5.11 Å². The van der Waals surface area contributed by atoms with Gasteiger partial charge in [-0.05, 0) is 20.8 Å². The van der Waals surface area contributed by atoms with Crippen molar-refractivity contribution in [2.75, 3.05) is 0 Å². The van der Waals surface area contributed by atoms with Crippen molar-refractivity contribution in [1.29, 1.82) is 5.53 Å². The van der Waals surface area contributed by atoms with Gasteiger partial charge in [0, 0.05) is 0 Å². The van der Waals surface area contributed by atoms with Crippen molar-refractivity contribution in [3.63, 3.8) is 0 Å². The summed E-state index contributed by atoms with van der Waals surface area (Å²) in [4.78, 5) is 10.7. The Bertz CT molecular complexity index is 134. The van der Waals surface area contributed by atoms with Gasteiger partial charge in [0.1, 0.15) is 0 Å². The highest BCUT2D eigenvalue weighted by Gasteiger charge is 2.13. The lowest BCUT2D eigenvalue weighted by Crippen LogP contribution is -2.21. The third-order valence-electron chi connectivity index (χ3n) is 0.887. The molecule has 0 aromatic rings. The number of carbonyl (C=O) groups excluding carboxylic acids is 1. The highest BCUT2D eigenvalue weighted by atomic mass is 16.5. The van der Waals surface area contributed by atoms with Crippen LogP contribution in [-0.4, -0.2) is 18.1 Å². The first kappa shape index (κ1) is 9.07. The van der Waals surface area contributed by atoms with Gasteiger partial charge in [0.25, 0.3) is 0 Å². The largest absolute Gasteiger partial charge is 0.461 e. The van der Waals surface area contributed by atoms with E-state index < -0.39 is 12.0 Å². The first-order valence-corrected chi connectivity index (χ1v) is 3.15. The SMILES string of the molecule is CC(C)OC(=O)[C@H](C)N=N. The van der Waals surface area contributed by atoms with E-state index in [9.17, 15) is 4.79 Å². The molecule has 0 bridgehead atoms. The van der Waals surface area contributed by atoms with E-state index in [0.717, 1.165) is 0 Å². The lowest BCUT2D eigenvalue weighted by atomic mass is 10.3. The topological polar surface area (TPSA) is 62.5 Å². The summed E-state index contributed by atoms with van der Waals surface area (Å²) in [5, 5.41) is 3.02. The van der Waals surface area contributed by atoms with Crippen molar-refractivity contribution in [1.82, 2.24) is 0 Å². The van der Waals surface area contributed by atoms with Gasteiger partial charge in [0.15, 0.2) is 6.04 Å². The van der Waals surface area contributed by atoms with E-state index >= 15 is 0 Å². The fourth-order valence-electron chi connectivity index (χ4n) is 0.383. The molecule has 0 saturated carbocycles. The molecule has 0 aromatic carbocycles. The molecule has 0 saturated heterocycles. The molecule has 58 valence electrons. The molecule has 0 fully saturated rings. The number of rotatable bonds is 3. The molecule has 0 unspecified atom stereocenters. The third kappa shape index (κ3) is 3.17. The van der Waals surface area contributed by atoms with Crippen molar-refractivity contribution in [2.45, 2.75) is 32.9 Å². The highest BCUT2D eigenvalue weighted by molar-refractivity contribution is 5.75. The number of nitrogens with one attached hydrogen (secondary N) is 1. The predicted molar refractivity (Wildman–Crippen MR) is 35.8 cm³/mol. The summed E-state index contributed by atoms with van der Waals surface area (Å²) in [5.74, 6) is -0.440. The van der Waals surface area contributed by atoms with Gasteiger partial charge in [0.05, 0.1) is 6.10 Å². The smallest absolute Gasteiger partial charge is 0.332 e. The summed E-state index contributed by atoms with van der Waals surface area (Å²) in [6.45, 7) is 5.04. The predicted octanol–water partition coefficient (Wildman–Crippen LogP) is 1.36. The monoisotopic (exact) mass is 144 g/mol. The number of esters is 1. The van der Waals surface area contributed by atoms with E-state index in [-0.39, 0.29) is 6.10 Å². The molecular formula is C6H12N2O2. The first-order valence-electron chi connectivity index (χ1n) is 3.15. The van der Waals surface area contributed by atoms with Crippen LogP contribution in [0.5, 0.6) is 0 Å². The van der Waals surface area contributed by atoms with Crippen LogP contribution in [-0.2, 0) is 9.53 Å². The van der Waals surface area contributed by atoms with Crippen LogP contribution in [0, 0.1) is 5.53 Å². The van der Waals surface area contributed by atoms with Gasteiger partial charge in [-0.3, -0.25) is 0 Å². The minimum Gasteiger partial charge on any atom is -0.461 e. The maximum atomic E-state index is 10.7. The molecular weight excluding hydrogens is 132 g/mol. The number of hydrogen-bond donors (Lipinski definition) is 1. The van der Waals surface area contributed by atoms with E-state index in [0.29, 0.717) is 0 Å². The number of hydrogen-bond acceptors (Lipinski definition) is 4. The van der Waals surface area contributed by atoms with Gasteiger partial charge >= 0.3 is 5.97 Å². The molecule has 0 rings (SSSR count). The Morgan fingerprint density at radius 2 is 2.00 bits per heavy atom. The van der Waals surface area contributed by atoms with Crippen LogP contribution in [0.15, 0.2) is 5.11 Å². The summed E-state index contributed by atoms with van der Waals surface area (Å²) in [5.41, 5.74) is 6.51. The molecule has 0 spiro atoms. The fraction of sp³-hybridized carbons (Fsp3) is 0.833. The zero-order valence-corrected chi connectivity index (χ0v) is 6.42. The minimum absolute atomic E-state index is 0.128. The average molecular weight is 144 g/mol. The first-order chi connectivity index (χ1) is 4.57. The lowest BCUT2D eigenvalue weighted by Gasteiger charge is -2.08. The zero-order chi connectivity index (χ0) is 8.15. The van der Waals surface area contributed by atoms with E-state index in [1.807, 2.05) is 0 Å². The summed E-state index contributed by atoms with van der Waals surface area (Å²) in [6.07, 6.45) is -0.128. The zero-order valence-electron chi connectivity index (χ0n) is 6.42. The van der Waals surface area contributed by atoms with Gasteiger partial charge in [-0.25, -0.2) is 10.3 Å². The van der Waals surface area contributed by atoms with Crippen LogP contribution in [0.1, 0.15) is 20.8 Å². The Morgan fingerprint density at radius 3 is 2.30 bits per heavy atom. The van der Waals surface area contributed by atoms with Crippen molar-refractivity contribution < 1.29 is 9.53 Å². The molecule has 4 nitrogen and oxygen atoms in total. The second-order valence-corrected chi connectivity index (χ2v) is 2.29. The molecule has 0 aliphatic rings. The standard InChI is InChI=1S/C6H12N2O2/c1-4(2)10-6(9)5(3)8-7/h4-5,7H,1-3H3/t5-/m0/s1. The maximum absolute atomic E-state index is 10.7. The van der Waals surface area contributed by atoms with Crippen molar-refractivity contribution >= 4 is 5.97 Å². The number of nitrogens with zero attached hydrogens (tertiary/aromatic N) is 1. The quantitative estimate of drug-likeness (QED) is 0.480. The Hall–Kier alpha value is -0.930. The van der Waals surface area contributed by atoms with E-state index in [1.165, 1.54) is 6.92 Å². The number of ether oxygens (including phenoxy) is 1. The minimum atomic E-state index is -0.664. The van der Waals surface area contributed by atoms with Crippen LogP contribution in [0.3, 0.4) is 0 Å². The van der Waals surface area contributed by atoms with Crippen LogP contribution < -0.4 is 0 Å². The highest BCUT2D eigenvalue weighted by Crippen LogP contribution is 1.96. The molecule has 1 N–H and O–H groups in total. The molecule has 0 aliphatic heterocycles. The third-order valence-corrected chi connectivity index (χ3v) is 0.887. The molecule has 0 radical (unpaired) electrons. The summed E-state index contributed by atoms with van der Waals surface area (Å²) in [7, 11) is 0. The summed E-state index contributed by atoms with van der Waals surface area (Å²) >= 11 is 0. The summed E-state index contributed by atoms with van der Waals surface area (Å²) in [6, 6.07) is -0.664. The van der Waals surface area contributed by atoms with Gasteiger partial charge in [0.2, 0.25) is 0 Å². The molecule has 10 heavy (non-hydrogen) atoms. The van der Waals surface area contributed by atoms with Crippen LogP contribution in [0.25, 0.3) is 0 Å². The van der Waals surface area contributed by atoms with Crippen molar-refractivity contribution in [3.8, 4) is 0 Å². The van der Waals surface area contributed by atoms with Crippen LogP contribution in [0.4, 0.5) is 0 Å². The maximum Gasteiger partial charge on any atom is 0.332 e. The van der Waals surface area contributed by atoms with Crippen molar-refractivity contribution in [3.05, 3.63) is 0 Å². The van der Waals surface area contributed by atoms with Crippen molar-refractivity contribution in [2.24, 2.45) is 5.11 Å². The molecule has 0 amide bonds. The van der Waals surface area contributed by atoms with Gasteiger partial charge < -0.3 is 4.74 Å². The normalized spacial score (nSPS) is 12.8.